The molecule has 1 heterocycles. The van der Waals surface area contributed by atoms with E-state index in [0.29, 0.717) is 12.6 Å². The molecule has 78 valence electrons. The minimum atomic E-state index is 0.289. The maximum absolute atomic E-state index is 9.10. The average molecular weight is 186 g/mol. The molecule has 0 aromatic rings. The molecule has 0 radical (unpaired) electrons. The SMILES string of the molecule is CCCC(N)CN1CCCC1CO. The Morgan fingerprint density at radius 2 is 2.38 bits per heavy atom. The van der Waals surface area contributed by atoms with Gasteiger partial charge in [-0.15, -0.1) is 0 Å². The van der Waals surface area contributed by atoms with Crippen LogP contribution in [-0.2, 0) is 0 Å². The first-order valence-corrected chi connectivity index (χ1v) is 5.38. The zero-order valence-electron chi connectivity index (χ0n) is 8.58. The van der Waals surface area contributed by atoms with E-state index in [1.165, 1.54) is 6.42 Å². The molecule has 0 saturated carbocycles. The molecule has 0 aromatic carbocycles. The summed E-state index contributed by atoms with van der Waals surface area (Å²) in [5.41, 5.74) is 5.96. The molecule has 2 atom stereocenters. The zero-order chi connectivity index (χ0) is 9.68. The first-order chi connectivity index (χ1) is 6.27. The summed E-state index contributed by atoms with van der Waals surface area (Å²) >= 11 is 0. The summed E-state index contributed by atoms with van der Waals surface area (Å²) in [7, 11) is 0. The van der Waals surface area contributed by atoms with Crippen molar-refractivity contribution in [2.45, 2.75) is 44.7 Å². The van der Waals surface area contributed by atoms with Gasteiger partial charge in [0.25, 0.3) is 0 Å². The second-order valence-corrected chi connectivity index (χ2v) is 4.02. The maximum atomic E-state index is 9.10. The van der Waals surface area contributed by atoms with Crippen LogP contribution in [0.15, 0.2) is 0 Å². The van der Waals surface area contributed by atoms with Gasteiger partial charge in [0.2, 0.25) is 0 Å². The highest BCUT2D eigenvalue weighted by Crippen LogP contribution is 2.16. The molecule has 3 nitrogen and oxygen atoms in total. The van der Waals surface area contributed by atoms with Gasteiger partial charge in [0.1, 0.15) is 0 Å². The average Bonchev–Trinajstić information content (AvgIpc) is 2.52. The van der Waals surface area contributed by atoms with E-state index in [0.717, 1.165) is 32.4 Å². The quantitative estimate of drug-likeness (QED) is 0.660. The lowest BCUT2D eigenvalue weighted by atomic mass is 10.1. The maximum Gasteiger partial charge on any atom is 0.0586 e. The van der Waals surface area contributed by atoms with Gasteiger partial charge >= 0.3 is 0 Å². The monoisotopic (exact) mass is 186 g/mol. The van der Waals surface area contributed by atoms with E-state index in [1.54, 1.807) is 0 Å². The predicted molar refractivity (Wildman–Crippen MR) is 54.6 cm³/mol. The van der Waals surface area contributed by atoms with Crippen LogP contribution in [0.1, 0.15) is 32.6 Å². The molecule has 1 fully saturated rings. The van der Waals surface area contributed by atoms with E-state index >= 15 is 0 Å². The van der Waals surface area contributed by atoms with Gasteiger partial charge in [-0.25, -0.2) is 0 Å². The van der Waals surface area contributed by atoms with Gasteiger partial charge in [-0.05, 0) is 25.8 Å². The largest absolute Gasteiger partial charge is 0.395 e. The number of aliphatic hydroxyl groups excluding tert-OH is 1. The zero-order valence-corrected chi connectivity index (χ0v) is 8.58. The second kappa shape index (κ2) is 5.58. The fraction of sp³-hybridized carbons (Fsp3) is 1.00. The van der Waals surface area contributed by atoms with Crippen LogP contribution in [0.5, 0.6) is 0 Å². The van der Waals surface area contributed by atoms with Crippen LogP contribution < -0.4 is 5.73 Å². The third-order valence-corrected chi connectivity index (χ3v) is 2.84. The fourth-order valence-corrected chi connectivity index (χ4v) is 2.11. The predicted octanol–water partition coefficient (Wildman–Crippen LogP) is 0.570. The molecule has 0 amide bonds. The van der Waals surface area contributed by atoms with Gasteiger partial charge in [0.15, 0.2) is 0 Å². The van der Waals surface area contributed by atoms with Crippen LogP contribution in [-0.4, -0.2) is 41.8 Å². The lowest BCUT2D eigenvalue weighted by Crippen LogP contribution is -2.41. The van der Waals surface area contributed by atoms with Gasteiger partial charge < -0.3 is 10.8 Å². The van der Waals surface area contributed by atoms with E-state index in [4.69, 9.17) is 10.8 Å². The standard InChI is InChI=1S/C10H22N2O/c1-2-4-9(11)7-12-6-3-5-10(12)8-13/h9-10,13H,2-8,11H2,1H3. The molecular weight excluding hydrogens is 164 g/mol. The van der Waals surface area contributed by atoms with Crippen LogP contribution in [0.25, 0.3) is 0 Å². The van der Waals surface area contributed by atoms with Crippen molar-refractivity contribution in [3.63, 3.8) is 0 Å². The molecular formula is C10H22N2O. The summed E-state index contributed by atoms with van der Waals surface area (Å²) in [4.78, 5) is 2.33. The molecule has 1 aliphatic rings. The van der Waals surface area contributed by atoms with Crippen LogP contribution in [0.4, 0.5) is 0 Å². The number of nitrogens with zero attached hydrogens (tertiary/aromatic N) is 1. The Morgan fingerprint density at radius 3 is 3.00 bits per heavy atom. The van der Waals surface area contributed by atoms with Crippen molar-refractivity contribution >= 4 is 0 Å². The van der Waals surface area contributed by atoms with Crippen LogP contribution in [0.3, 0.4) is 0 Å². The Morgan fingerprint density at radius 1 is 1.62 bits per heavy atom. The lowest BCUT2D eigenvalue weighted by Gasteiger charge is -2.25. The number of aliphatic hydroxyl groups is 1. The number of hydrogen-bond acceptors (Lipinski definition) is 3. The Balaban J connectivity index is 2.26. The third kappa shape index (κ3) is 3.25. The summed E-state index contributed by atoms with van der Waals surface area (Å²) < 4.78 is 0. The van der Waals surface area contributed by atoms with Gasteiger partial charge in [0.05, 0.1) is 6.61 Å². The molecule has 1 rings (SSSR count). The van der Waals surface area contributed by atoms with E-state index in [2.05, 4.69) is 11.8 Å². The topological polar surface area (TPSA) is 49.5 Å². The number of likely N-dealkylation sites (tertiary alicyclic amines) is 1. The summed E-state index contributed by atoms with van der Waals surface area (Å²) in [6.07, 6.45) is 4.59. The highest BCUT2D eigenvalue weighted by Gasteiger charge is 2.24. The van der Waals surface area contributed by atoms with Crippen molar-refractivity contribution in [2.24, 2.45) is 5.73 Å². The number of rotatable bonds is 5. The van der Waals surface area contributed by atoms with Gasteiger partial charge in [-0.1, -0.05) is 13.3 Å². The molecule has 0 aliphatic carbocycles. The smallest absolute Gasteiger partial charge is 0.0586 e. The van der Waals surface area contributed by atoms with Crippen LogP contribution in [0.2, 0.25) is 0 Å². The highest BCUT2D eigenvalue weighted by atomic mass is 16.3. The summed E-state index contributed by atoms with van der Waals surface area (Å²) in [5.74, 6) is 0. The Kier molecular flexibility index (Phi) is 4.70. The number of nitrogens with two attached hydrogens (primary N) is 1. The molecule has 1 aliphatic heterocycles. The number of hydrogen-bond donors (Lipinski definition) is 2. The molecule has 0 aromatic heterocycles. The van der Waals surface area contributed by atoms with E-state index < -0.39 is 0 Å². The first kappa shape index (κ1) is 11.0. The summed E-state index contributed by atoms with van der Waals surface area (Å²) in [6.45, 7) is 4.52. The van der Waals surface area contributed by atoms with Crippen molar-refractivity contribution in [1.82, 2.24) is 4.90 Å². The second-order valence-electron chi connectivity index (χ2n) is 4.02. The van der Waals surface area contributed by atoms with Crippen molar-refractivity contribution < 1.29 is 5.11 Å². The minimum absolute atomic E-state index is 0.289. The van der Waals surface area contributed by atoms with E-state index in [1.807, 2.05) is 0 Å². The third-order valence-electron chi connectivity index (χ3n) is 2.84. The molecule has 1 saturated heterocycles. The van der Waals surface area contributed by atoms with E-state index in [9.17, 15) is 0 Å². The molecule has 2 unspecified atom stereocenters. The lowest BCUT2D eigenvalue weighted by molar-refractivity contribution is 0.151. The van der Waals surface area contributed by atoms with Gasteiger partial charge in [-0.3, -0.25) is 4.90 Å². The van der Waals surface area contributed by atoms with E-state index in [-0.39, 0.29) is 6.04 Å². The molecule has 13 heavy (non-hydrogen) atoms. The fourth-order valence-electron chi connectivity index (χ4n) is 2.11. The van der Waals surface area contributed by atoms with Crippen molar-refractivity contribution in [2.75, 3.05) is 19.7 Å². The molecule has 0 spiro atoms. The molecule has 3 N–H and O–H groups in total. The molecule has 0 bridgehead atoms. The normalized spacial score (nSPS) is 26.5. The van der Waals surface area contributed by atoms with Gasteiger partial charge in [0, 0.05) is 18.6 Å². The van der Waals surface area contributed by atoms with Crippen LogP contribution >= 0.6 is 0 Å². The van der Waals surface area contributed by atoms with Crippen molar-refractivity contribution in [3.8, 4) is 0 Å². The molecule has 3 heteroatoms. The Bertz CT molecular complexity index is 141. The van der Waals surface area contributed by atoms with Crippen molar-refractivity contribution in [1.29, 1.82) is 0 Å². The minimum Gasteiger partial charge on any atom is -0.395 e. The van der Waals surface area contributed by atoms with Crippen LogP contribution in [0, 0.1) is 0 Å². The highest BCUT2D eigenvalue weighted by molar-refractivity contribution is 4.81. The van der Waals surface area contributed by atoms with Crippen molar-refractivity contribution in [3.05, 3.63) is 0 Å². The van der Waals surface area contributed by atoms with Gasteiger partial charge in [-0.2, -0.15) is 0 Å². The Hall–Kier alpha value is -0.120. The first-order valence-electron chi connectivity index (χ1n) is 5.38. The summed E-state index contributed by atoms with van der Waals surface area (Å²) in [5, 5.41) is 9.10. The summed E-state index contributed by atoms with van der Waals surface area (Å²) in [6, 6.07) is 0.667. The Labute approximate surface area is 80.9 Å².